The van der Waals surface area contributed by atoms with E-state index in [2.05, 4.69) is 15.6 Å². The van der Waals surface area contributed by atoms with Crippen molar-refractivity contribution in [2.75, 3.05) is 19.9 Å². The van der Waals surface area contributed by atoms with E-state index < -0.39 is 0 Å². The molecule has 0 atom stereocenters. The maximum absolute atomic E-state index is 5.05. The minimum atomic E-state index is 0.683. The lowest BCUT2D eigenvalue weighted by Gasteiger charge is -2.01. The second kappa shape index (κ2) is 8.14. The van der Waals surface area contributed by atoms with Gasteiger partial charge in [0, 0.05) is 16.8 Å². The number of nitrogens with one attached hydrogen (secondary N) is 1. The Hall–Kier alpha value is 0.137. The molecule has 0 aliphatic rings. The summed E-state index contributed by atoms with van der Waals surface area (Å²) >= 11 is 0. The Morgan fingerprint density at radius 3 is 2.89 bits per heavy atom. The lowest BCUT2D eigenvalue weighted by Crippen LogP contribution is -2.18. The van der Waals surface area contributed by atoms with Crippen LogP contribution >= 0.6 is 0 Å². The van der Waals surface area contributed by atoms with E-state index in [9.17, 15) is 0 Å². The number of hydrogen-bond acceptors (Lipinski definition) is 2. The summed E-state index contributed by atoms with van der Waals surface area (Å²) in [7, 11) is 3.38. The molecule has 0 unspecified atom stereocenters. The number of hydrogen-bond donors (Lipinski definition) is 1. The van der Waals surface area contributed by atoms with Gasteiger partial charge in [-0.25, -0.2) is 0 Å². The van der Waals surface area contributed by atoms with Gasteiger partial charge in [-0.2, -0.15) is 0 Å². The highest BCUT2D eigenvalue weighted by atomic mass is 28.1. The van der Waals surface area contributed by atoms with Crippen LogP contribution in [0.1, 0.15) is 13.3 Å². The first-order valence-corrected chi connectivity index (χ1v) is 4.05. The summed E-state index contributed by atoms with van der Waals surface area (Å²) < 4.78 is 5.05. The molecule has 3 heteroatoms. The summed E-state index contributed by atoms with van der Waals surface area (Å²) in [4.78, 5) is 0. The Morgan fingerprint density at radius 1 is 1.56 bits per heavy atom. The van der Waals surface area contributed by atoms with Gasteiger partial charge in [0.2, 0.25) is 0 Å². The average molecular weight is 144 g/mol. The highest BCUT2D eigenvalue weighted by Gasteiger charge is 1.82. The standard InChI is InChI=1S/C6H14NOSi/c1-2-8-6-7-4-3-5-9/h7H,2-6H2,1H3. The fourth-order valence-electron chi connectivity index (χ4n) is 0.460. The number of rotatable bonds is 6. The van der Waals surface area contributed by atoms with Gasteiger partial charge in [-0.05, 0) is 19.9 Å². The summed E-state index contributed by atoms with van der Waals surface area (Å²) in [5.74, 6) is 0. The molecule has 53 valence electrons. The van der Waals surface area contributed by atoms with Crippen molar-refractivity contribution in [1.82, 2.24) is 5.32 Å². The van der Waals surface area contributed by atoms with Gasteiger partial charge in [0.25, 0.3) is 0 Å². The number of ether oxygens (including phenoxy) is 1. The van der Waals surface area contributed by atoms with Gasteiger partial charge in [-0.3, -0.25) is 5.32 Å². The molecule has 0 fully saturated rings. The first kappa shape index (κ1) is 9.14. The smallest absolute Gasteiger partial charge is 0.0965 e. The molecule has 3 radical (unpaired) electrons. The maximum Gasteiger partial charge on any atom is 0.0965 e. The van der Waals surface area contributed by atoms with Crippen LogP contribution in [0.2, 0.25) is 6.04 Å². The van der Waals surface area contributed by atoms with E-state index in [1.54, 1.807) is 0 Å². The van der Waals surface area contributed by atoms with Crippen LogP contribution in [0.25, 0.3) is 0 Å². The molecule has 0 saturated carbocycles. The van der Waals surface area contributed by atoms with Gasteiger partial charge in [-0.1, -0.05) is 6.04 Å². The van der Waals surface area contributed by atoms with Crippen molar-refractivity contribution in [3.63, 3.8) is 0 Å². The summed E-state index contributed by atoms with van der Waals surface area (Å²) in [6.45, 7) is 4.50. The fraction of sp³-hybridized carbons (Fsp3) is 1.00. The lowest BCUT2D eigenvalue weighted by atomic mass is 10.5. The molecule has 9 heavy (non-hydrogen) atoms. The molecule has 2 nitrogen and oxygen atoms in total. The quantitative estimate of drug-likeness (QED) is 0.334. The third-order valence-electron chi connectivity index (χ3n) is 0.939. The van der Waals surface area contributed by atoms with Crippen LogP contribution in [0, 0.1) is 0 Å². The van der Waals surface area contributed by atoms with E-state index >= 15 is 0 Å². The molecule has 0 aromatic rings. The zero-order valence-electron chi connectivity index (χ0n) is 5.94. The van der Waals surface area contributed by atoms with E-state index in [1.165, 1.54) is 0 Å². The van der Waals surface area contributed by atoms with Gasteiger partial charge >= 0.3 is 0 Å². The van der Waals surface area contributed by atoms with Crippen LogP contribution in [-0.2, 0) is 4.74 Å². The predicted molar refractivity (Wildman–Crippen MR) is 39.7 cm³/mol. The monoisotopic (exact) mass is 144 g/mol. The highest BCUT2D eigenvalue weighted by molar-refractivity contribution is 6.08. The maximum atomic E-state index is 5.05. The van der Waals surface area contributed by atoms with Gasteiger partial charge in [0.05, 0.1) is 6.73 Å². The molecule has 0 bridgehead atoms. The Bertz CT molecular complexity index is 46.3. The molecular weight excluding hydrogens is 130 g/mol. The molecule has 0 aliphatic carbocycles. The zero-order valence-corrected chi connectivity index (χ0v) is 6.94. The van der Waals surface area contributed by atoms with Gasteiger partial charge < -0.3 is 4.74 Å². The van der Waals surface area contributed by atoms with Crippen molar-refractivity contribution in [3.05, 3.63) is 0 Å². The van der Waals surface area contributed by atoms with E-state index in [-0.39, 0.29) is 0 Å². The highest BCUT2D eigenvalue weighted by Crippen LogP contribution is 1.79. The van der Waals surface area contributed by atoms with Crippen molar-refractivity contribution in [2.24, 2.45) is 0 Å². The van der Waals surface area contributed by atoms with Crippen molar-refractivity contribution < 1.29 is 4.74 Å². The largest absolute Gasteiger partial charge is 0.367 e. The van der Waals surface area contributed by atoms with Crippen molar-refractivity contribution in [2.45, 2.75) is 19.4 Å². The van der Waals surface area contributed by atoms with Crippen LogP contribution in [0.5, 0.6) is 0 Å². The molecule has 0 aromatic carbocycles. The minimum absolute atomic E-state index is 0.683. The zero-order chi connectivity index (χ0) is 6.95. The molecule has 0 aliphatic heterocycles. The van der Waals surface area contributed by atoms with E-state index in [0.717, 1.165) is 25.6 Å². The summed E-state index contributed by atoms with van der Waals surface area (Å²) in [5.41, 5.74) is 0. The van der Waals surface area contributed by atoms with Gasteiger partial charge in [-0.15, -0.1) is 0 Å². The molecule has 0 rings (SSSR count). The second-order valence-corrected chi connectivity index (χ2v) is 2.24. The lowest BCUT2D eigenvalue weighted by molar-refractivity contribution is 0.129. The summed E-state index contributed by atoms with van der Waals surface area (Å²) in [5, 5.41) is 3.13. The van der Waals surface area contributed by atoms with Crippen LogP contribution in [-0.4, -0.2) is 30.1 Å². The third kappa shape index (κ3) is 8.14. The molecule has 0 aromatic heterocycles. The predicted octanol–water partition coefficient (Wildman–Crippen LogP) is 0.547. The van der Waals surface area contributed by atoms with Gasteiger partial charge in [0.1, 0.15) is 0 Å². The molecule has 0 spiro atoms. The average Bonchev–Trinajstić information content (AvgIpc) is 1.89. The van der Waals surface area contributed by atoms with E-state index in [4.69, 9.17) is 4.74 Å². The molecule has 0 heterocycles. The van der Waals surface area contributed by atoms with E-state index in [0.29, 0.717) is 6.73 Å². The Morgan fingerprint density at radius 2 is 2.33 bits per heavy atom. The van der Waals surface area contributed by atoms with Crippen LogP contribution in [0.15, 0.2) is 0 Å². The molecule has 0 saturated heterocycles. The second-order valence-electron chi connectivity index (χ2n) is 1.74. The van der Waals surface area contributed by atoms with Crippen LogP contribution in [0.3, 0.4) is 0 Å². The molecular formula is C6H14NOSi. The molecule has 0 amide bonds. The Labute approximate surface area is 60.4 Å². The molecule has 1 N–H and O–H groups in total. The first-order chi connectivity index (χ1) is 4.41. The van der Waals surface area contributed by atoms with E-state index in [1.807, 2.05) is 6.92 Å². The summed E-state index contributed by atoms with van der Waals surface area (Å²) in [6.07, 6.45) is 1.16. The Balaban J connectivity index is 2.60. The van der Waals surface area contributed by atoms with Crippen LogP contribution < -0.4 is 5.32 Å². The normalized spacial score (nSPS) is 10.0. The van der Waals surface area contributed by atoms with Crippen molar-refractivity contribution in [3.8, 4) is 0 Å². The first-order valence-electron chi connectivity index (χ1n) is 3.35. The Kier molecular flexibility index (Phi) is 8.26. The minimum Gasteiger partial charge on any atom is -0.367 e. The van der Waals surface area contributed by atoms with Crippen LogP contribution in [0.4, 0.5) is 0 Å². The topological polar surface area (TPSA) is 21.3 Å². The van der Waals surface area contributed by atoms with Crippen molar-refractivity contribution >= 4 is 10.2 Å². The third-order valence-corrected chi connectivity index (χ3v) is 1.29. The SMILES string of the molecule is CCOCNCCC[Si]. The summed E-state index contributed by atoms with van der Waals surface area (Å²) in [6, 6.07) is 1.05. The fourth-order valence-corrected chi connectivity index (χ4v) is 0.637. The van der Waals surface area contributed by atoms with Crippen molar-refractivity contribution in [1.29, 1.82) is 0 Å². The van der Waals surface area contributed by atoms with Gasteiger partial charge in [0.15, 0.2) is 0 Å².